The highest BCUT2D eigenvalue weighted by molar-refractivity contribution is 5.13. The number of hydrazine groups is 2. The molecule has 1 aliphatic heterocycles. The van der Waals surface area contributed by atoms with Gasteiger partial charge in [0.15, 0.2) is 0 Å². The summed E-state index contributed by atoms with van der Waals surface area (Å²) >= 11 is 0. The third-order valence-electron chi connectivity index (χ3n) is 2.36. The van der Waals surface area contributed by atoms with Crippen molar-refractivity contribution in [1.82, 2.24) is 25.7 Å². The van der Waals surface area contributed by atoms with Crippen LogP contribution in [0.4, 0.5) is 0 Å². The minimum absolute atomic E-state index is 0.523. The quantitative estimate of drug-likeness (QED) is 0.510. The minimum Gasteiger partial charge on any atom is -0.306 e. The number of hydrogen-bond donors (Lipinski definition) is 3. The number of aromatic nitrogens is 2. The molecule has 1 unspecified atom stereocenters. The van der Waals surface area contributed by atoms with Gasteiger partial charge in [0.25, 0.3) is 0 Å². The van der Waals surface area contributed by atoms with Crippen LogP contribution in [0.2, 0.25) is 0 Å². The van der Waals surface area contributed by atoms with Gasteiger partial charge in [0.1, 0.15) is 5.66 Å². The molecule has 1 saturated heterocycles. The lowest BCUT2D eigenvalue weighted by Crippen LogP contribution is -2.51. The van der Waals surface area contributed by atoms with Gasteiger partial charge in [-0.2, -0.15) is 10.6 Å². The molecule has 1 aromatic heterocycles. The zero-order valence-corrected chi connectivity index (χ0v) is 7.78. The van der Waals surface area contributed by atoms with Gasteiger partial charge in [-0.15, -0.1) is 0 Å². The van der Waals surface area contributed by atoms with E-state index in [1.165, 1.54) is 0 Å². The second-order valence-electron chi connectivity index (χ2n) is 3.41. The smallest absolute Gasteiger partial charge is 0.140 e. The van der Waals surface area contributed by atoms with Crippen molar-refractivity contribution >= 4 is 0 Å². The molecule has 13 heavy (non-hydrogen) atoms. The lowest BCUT2D eigenvalue weighted by Gasteiger charge is -2.27. The van der Waals surface area contributed by atoms with Gasteiger partial charge in [-0.05, 0) is 6.07 Å². The monoisotopic (exact) mass is 182 g/mol. The fourth-order valence-electron chi connectivity index (χ4n) is 1.61. The minimum atomic E-state index is -0.523. The summed E-state index contributed by atoms with van der Waals surface area (Å²) in [7, 11) is 3.85. The topological polar surface area (TPSA) is 73.2 Å². The van der Waals surface area contributed by atoms with E-state index in [4.69, 9.17) is 5.73 Å². The summed E-state index contributed by atoms with van der Waals surface area (Å²) in [5, 5.41) is 10.6. The van der Waals surface area contributed by atoms with E-state index < -0.39 is 5.66 Å². The van der Waals surface area contributed by atoms with Crippen LogP contribution in [-0.2, 0) is 5.66 Å². The maximum absolute atomic E-state index is 6.21. The Kier molecular flexibility index (Phi) is 1.85. The van der Waals surface area contributed by atoms with E-state index in [9.17, 15) is 0 Å². The Balaban J connectivity index is 2.31. The normalized spacial score (nSPS) is 31.3. The lowest BCUT2D eigenvalue weighted by molar-refractivity contribution is 0.105. The van der Waals surface area contributed by atoms with Gasteiger partial charge in [-0.25, -0.2) is 10.0 Å². The molecule has 0 bridgehead atoms. The van der Waals surface area contributed by atoms with Gasteiger partial charge in [0.05, 0.1) is 12.2 Å². The maximum Gasteiger partial charge on any atom is 0.140 e. The van der Waals surface area contributed by atoms with Gasteiger partial charge < -0.3 is 5.73 Å². The van der Waals surface area contributed by atoms with Crippen molar-refractivity contribution in [3.63, 3.8) is 0 Å². The van der Waals surface area contributed by atoms with Crippen molar-refractivity contribution in [1.29, 1.82) is 0 Å². The molecule has 72 valence electrons. The van der Waals surface area contributed by atoms with E-state index in [0.29, 0.717) is 6.54 Å². The van der Waals surface area contributed by atoms with E-state index in [2.05, 4.69) is 15.7 Å². The number of nitrogens with zero attached hydrogens (tertiary/aromatic N) is 3. The molecule has 1 fully saturated rings. The summed E-state index contributed by atoms with van der Waals surface area (Å²) in [6.07, 6.45) is 1.70. The molecule has 4 N–H and O–H groups in total. The predicted molar refractivity (Wildman–Crippen MR) is 48.0 cm³/mol. The van der Waals surface area contributed by atoms with Crippen LogP contribution in [0.25, 0.3) is 0 Å². The number of H-pyrrole nitrogens is 1. The van der Waals surface area contributed by atoms with Crippen molar-refractivity contribution in [2.45, 2.75) is 5.66 Å². The van der Waals surface area contributed by atoms with Crippen molar-refractivity contribution in [2.75, 3.05) is 20.6 Å². The Morgan fingerprint density at radius 1 is 1.62 bits per heavy atom. The molecule has 0 spiro atoms. The second-order valence-corrected chi connectivity index (χ2v) is 3.41. The molecule has 0 radical (unpaired) electrons. The molecule has 1 atom stereocenters. The first kappa shape index (κ1) is 8.64. The van der Waals surface area contributed by atoms with Gasteiger partial charge in [-0.1, -0.05) is 0 Å². The third kappa shape index (κ3) is 1.24. The van der Waals surface area contributed by atoms with Gasteiger partial charge in [0.2, 0.25) is 0 Å². The highest BCUT2D eigenvalue weighted by atomic mass is 15.8. The molecule has 2 heterocycles. The molecule has 6 nitrogen and oxygen atoms in total. The molecule has 1 aromatic rings. The Hall–Kier alpha value is -0.950. The zero-order valence-electron chi connectivity index (χ0n) is 7.78. The van der Waals surface area contributed by atoms with E-state index in [1.807, 2.05) is 30.2 Å². The average Bonchev–Trinajstić information content (AvgIpc) is 2.61. The Bertz CT molecular complexity index is 283. The van der Waals surface area contributed by atoms with Crippen LogP contribution in [0.15, 0.2) is 12.3 Å². The summed E-state index contributed by atoms with van der Waals surface area (Å²) in [6.45, 7) is 0.714. The molecule has 6 heteroatoms. The summed E-state index contributed by atoms with van der Waals surface area (Å²) in [5.41, 5.74) is 9.69. The van der Waals surface area contributed by atoms with Crippen molar-refractivity contribution in [2.24, 2.45) is 5.73 Å². The molecule has 2 rings (SSSR count). The van der Waals surface area contributed by atoms with E-state index in [-0.39, 0.29) is 0 Å². The SMILES string of the molecule is CN1CC(N)(c2ccn[nH]2)N(C)N1. The Morgan fingerprint density at radius 2 is 2.38 bits per heavy atom. The predicted octanol–water partition coefficient (Wildman–Crippen LogP) is -1.18. The number of hydrogen-bond acceptors (Lipinski definition) is 5. The fraction of sp³-hybridized carbons (Fsp3) is 0.571. The summed E-state index contributed by atoms with van der Waals surface area (Å²) in [6, 6.07) is 1.89. The standard InChI is InChI=1S/C7H14N6/c1-12-5-7(8,13(2)11-12)6-3-4-9-10-6/h3-4,11H,5,8H2,1-2H3,(H,9,10). The van der Waals surface area contributed by atoms with Crippen LogP contribution in [-0.4, -0.2) is 40.9 Å². The van der Waals surface area contributed by atoms with Crippen LogP contribution in [0.5, 0.6) is 0 Å². The van der Waals surface area contributed by atoms with Crippen LogP contribution < -0.4 is 11.3 Å². The number of aromatic amines is 1. The number of nitrogens with two attached hydrogens (primary N) is 1. The number of nitrogens with one attached hydrogen (secondary N) is 2. The average molecular weight is 182 g/mol. The molecule has 0 aliphatic carbocycles. The molecule has 1 aliphatic rings. The van der Waals surface area contributed by atoms with Gasteiger partial charge >= 0.3 is 0 Å². The van der Waals surface area contributed by atoms with E-state index in [1.54, 1.807) is 6.20 Å². The van der Waals surface area contributed by atoms with E-state index >= 15 is 0 Å². The van der Waals surface area contributed by atoms with Crippen LogP contribution in [0, 0.1) is 0 Å². The maximum atomic E-state index is 6.21. The first-order valence-electron chi connectivity index (χ1n) is 4.13. The van der Waals surface area contributed by atoms with Crippen molar-refractivity contribution < 1.29 is 0 Å². The first-order chi connectivity index (χ1) is 6.13. The highest BCUT2D eigenvalue weighted by Crippen LogP contribution is 2.22. The molecule has 0 aromatic carbocycles. The molecular weight excluding hydrogens is 168 g/mol. The van der Waals surface area contributed by atoms with Crippen LogP contribution in [0.3, 0.4) is 0 Å². The van der Waals surface area contributed by atoms with Crippen molar-refractivity contribution in [3.8, 4) is 0 Å². The zero-order chi connectivity index (χ0) is 9.47. The summed E-state index contributed by atoms with van der Waals surface area (Å²) in [4.78, 5) is 0. The molecule has 0 amide bonds. The second kappa shape index (κ2) is 2.78. The Morgan fingerprint density at radius 3 is 2.85 bits per heavy atom. The molecular formula is C7H14N6. The van der Waals surface area contributed by atoms with Gasteiger partial charge in [-0.3, -0.25) is 5.10 Å². The fourth-order valence-corrected chi connectivity index (χ4v) is 1.61. The number of likely N-dealkylation sites (N-methyl/N-ethyl adjacent to an activating group) is 2. The Labute approximate surface area is 76.6 Å². The third-order valence-corrected chi connectivity index (χ3v) is 2.36. The first-order valence-corrected chi connectivity index (χ1v) is 4.13. The number of rotatable bonds is 1. The summed E-state index contributed by atoms with van der Waals surface area (Å²) in [5.74, 6) is 0. The van der Waals surface area contributed by atoms with Crippen molar-refractivity contribution in [3.05, 3.63) is 18.0 Å². The molecule has 0 saturated carbocycles. The van der Waals surface area contributed by atoms with Gasteiger partial charge in [0, 0.05) is 20.3 Å². The van der Waals surface area contributed by atoms with Crippen LogP contribution in [0.1, 0.15) is 5.69 Å². The largest absolute Gasteiger partial charge is 0.306 e. The summed E-state index contributed by atoms with van der Waals surface area (Å²) < 4.78 is 0. The lowest BCUT2D eigenvalue weighted by atomic mass is 10.1. The van der Waals surface area contributed by atoms with E-state index in [0.717, 1.165) is 5.69 Å². The van der Waals surface area contributed by atoms with Crippen LogP contribution >= 0.6 is 0 Å². The highest BCUT2D eigenvalue weighted by Gasteiger charge is 2.40.